The standard InChI is InChI=1S/C18H21F2N7O2/c1-25(2)7-6-21-9-14-22-15-16(24-23-14)27(18(29)26(3)17(15)28)10-11-4-5-12(19)13(20)8-11/h4-5,8,21H,6-7,9-10H2,1-3H3. The van der Waals surface area contributed by atoms with Gasteiger partial charge in [-0.1, -0.05) is 6.07 Å². The highest BCUT2D eigenvalue weighted by atomic mass is 19.2. The quantitative estimate of drug-likeness (QED) is 0.547. The first kappa shape index (κ1) is 20.7. The predicted molar refractivity (Wildman–Crippen MR) is 103 cm³/mol. The van der Waals surface area contributed by atoms with Crippen LogP contribution in [-0.4, -0.2) is 56.4 Å². The molecule has 1 N–H and O–H groups in total. The van der Waals surface area contributed by atoms with Crippen molar-refractivity contribution in [3.63, 3.8) is 0 Å². The lowest BCUT2D eigenvalue weighted by molar-refractivity contribution is 0.398. The molecular weight excluding hydrogens is 384 g/mol. The second-order valence-corrected chi connectivity index (χ2v) is 6.86. The van der Waals surface area contributed by atoms with E-state index in [9.17, 15) is 18.4 Å². The largest absolute Gasteiger partial charge is 0.332 e. The van der Waals surface area contributed by atoms with Gasteiger partial charge in [0.2, 0.25) is 0 Å². The zero-order valence-electron chi connectivity index (χ0n) is 16.3. The maximum Gasteiger partial charge on any atom is 0.332 e. The highest BCUT2D eigenvalue weighted by Crippen LogP contribution is 2.11. The minimum absolute atomic E-state index is 0.0140. The lowest BCUT2D eigenvalue weighted by Gasteiger charge is -2.12. The molecule has 0 fully saturated rings. The van der Waals surface area contributed by atoms with E-state index in [1.165, 1.54) is 13.1 Å². The first-order chi connectivity index (χ1) is 13.8. The summed E-state index contributed by atoms with van der Waals surface area (Å²) in [5, 5.41) is 11.2. The van der Waals surface area contributed by atoms with Crippen LogP contribution >= 0.6 is 0 Å². The summed E-state index contributed by atoms with van der Waals surface area (Å²) in [4.78, 5) is 31.3. The number of nitrogens with zero attached hydrogens (tertiary/aromatic N) is 6. The molecule has 0 spiro atoms. The van der Waals surface area contributed by atoms with Crippen molar-refractivity contribution < 1.29 is 8.78 Å². The van der Waals surface area contributed by atoms with Crippen LogP contribution in [0.3, 0.4) is 0 Å². The Hall–Kier alpha value is -3.05. The van der Waals surface area contributed by atoms with Crippen LogP contribution in [0.15, 0.2) is 27.8 Å². The molecule has 29 heavy (non-hydrogen) atoms. The number of hydrogen-bond donors (Lipinski definition) is 1. The molecular formula is C18H21F2N7O2. The number of nitrogens with one attached hydrogen (secondary N) is 1. The molecule has 11 heteroatoms. The molecule has 0 radical (unpaired) electrons. The lowest BCUT2D eigenvalue weighted by Crippen LogP contribution is -2.39. The van der Waals surface area contributed by atoms with E-state index in [1.54, 1.807) is 0 Å². The molecule has 2 heterocycles. The number of aromatic nitrogens is 5. The molecule has 0 aliphatic heterocycles. The van der Waals surface area contributed by atoms with Gasteiger partial charge in [-0.05, 0) is 31.8 Å². The third kappa shape index (κ3) is 4.51. The Balaban J connectivity index is 1.98. The van der Waals surface area contributed by atoms with Crippen LogP contribution in [0.25, 0.3) is 11.2 Å². The first-order valence-corrected chi connectivity index (χ1v) is 8.90. The summed E-state index contributed by atoms with van der Waals surface area (Å²) in [6.45, 7) is 1.71. The molecule has 0 aliphatic rings. The van der Waals surface area contributed by atoms with E-state index in [1.807, 2.05) is 19.0 Å². The van der Waals surface area contributed by atoms with E-state index in [4.69, 9.17) is 0 Å². The van der Waals surface area contributed by atoms with Crippen LogP contribution in [0.2, 0.25) is 0 Å². The molecule has 3 rings (SSSR count). The van der Waals surface area contributed by atoms with Gasteiger partial charge in [0.25, 0.3) is 5.56 Å². The molecule has 0 unspecified atom stereocenters. The van der Waals surface area contributed by atoms with Gasteiger partial charge in [0, 0.05) is 20.1 Å². The van der Waals surface area contributed by atoms with Gasteiger partial charge in [-0.2, -0.15) is 0 Å². The number of fused-ring (bicyclic) bond motifs is 1. The summed E-state index contributed by atoms with van der Waals surface area (Å²) in [6, 6.07) is 3.32. The highest BCUT2D eigenvalue weighted by molar-refractivity contribution is 5.68. The zero-order chi connectivity index (χ0) is 21.1. The summed E-state index contributed by atoms with van der Waals surface area (Å²) >= 11 is 0. The monoisotopic (exact) mass is 405 g/mol. The summed E-state index contributed by atoms with van der Waals surface area (Å²) in [5.74, 6) is -1.70. The molecule has 0 saturated carbocycles. The van der Waals surface area contributed by atoms with Crippen LogP contribution in [0.1, 0.15) is 11.4 Å². The van der Waals surface area contributed by atoms with Crippen molar-refractivity contribution in [2.75, 3.05) is 27.2 Å². The van der Waals surface area contributed by atoms with Gasteiger partial charge < -0.3 is 10.2 Å². The van der Waals surface area contributed by atoms with Crippen LogP contribution in [-0.2, 0) is 20.1 Å². The van der Waals surface area contributed by atoms with Crippen LogP contribution in [0.4, 0.5) is 8.78 Å². The zero-order valence-corrected chi connectivity index (χ0v) is 16.3. The first-order valence-electron chi connectivity index (χ1n) is 8.90. The lowest BCUT2D eigenvalue weighted by atomic mass is 10.2. The minimum Gasteiger partial charge on any atom is -0.308 e. The van der Waals surface area contributed by atoms with Crippen molar-refractivity contribution in [2.24, 2.45) is 7.05 Å². The van der Waals surface area contributed by atoms with Crippen molar-refractivity contribution in [3.05, 3.63) is 62.1 Å². The van der Waals surface area contributed by atoms with Gasteiger partial charge in [-0.15, -0.1) is 10.2 Å². The Morgan fingerprint density at radius 3 is 2.59 bits per heavy atom. The maximum atomic E-state index is 13.5. The fourth-order valence-corrected chi connectivity index (χ4v) is 2.74. The Labute approximate surface area is 164 Å². The van der Waals surface area contributed by atoms with Crippen molar-refractivity contribution in [2.45, 2.75) is 13.1 Å². The average molecular weight is 405 g/mol. The molecule has 0 saturated heterocycles. The van der Waals surface area contributed by atoms with Gasteiger partial charge in [0.15, 0.2) is 28.6 Å². The maximum absolute atomic E-state index is 13.5. The van der Waals surface area contributed by atoms with Gasteiger partial charge >= 0.3 is 5.69 Å². The van der Waals surface area contributed by atoms with Crippen molar-refractivity contribution in [1.82, 2.24) is 34.5 Å². The third-order valence-corrected chi connectivity index (χ3v) is 4.34. The molecule has 1 aromatic carbocycles. The van der Waals surface area contributed by atoms with Crippen LogP contribution < -0.4 is 16.6 Å². The molecule has 0 atom stereocenters. The van der Waals surface area contributed by atoms with E-state index < -0.39 is 22.9 Å². The van der Waals surface area contributed by atoms with Gasteiger partial charge in [-0.25, -0.2) is 18.6 Å². The fraction of sp³-hybridized carbons (Fsp3) is 0.389. The molecule has 0 bridgehead atoms. The van der Waals surface area contributed by atoms with E-state index in [0.717, 1.165) is 27.8 Å². The van der Waals surface area contributed by atoms with Gasteiger partial charge in [-0.3, -0.25) is 13.9 Å². The van der Waals surface area contributed by atoms with E-state index >= 15 is 0 Å². The topological polar surface area (TPSA) is 97.9 Å². The Morgan fingerprint density at radius 2 is 1.90 bits per heavy atom. The summed E-state index contributed by atoms with van der Waals surface area (Å²) in [7, 11) is 5.22. The van der Waals surface area contributed by atoms with E-state index in [-0.39, 0.29) is 17.7 Å². The van der Waals surface area contributed by atoms with Crippen molar-refractivity contribution in [1.29, 1.82) is 0 Å². The number of benzene rings is 1. The molecule has 3 aromatic rings. The number of rotatable bonds is 7. The summed E-state index contributed by atoms with van der Waals surface area (Å²) < 4.78 is 28.8. The number of hydrogen-bond acceptors (Lipinski definition) is 7. The minimum atomic E-state index is -1.03. The van der Waals surface area contributed by atoms with Crippen molar-refractivity contribution >= 4 is 11.2 Å². The summed E-state index contributed by atoms with van der Waals surface area (Å²) in [5.41, 5.74) is -0.952. The SMILES string of the molecule is CN(C)CCNCc1nnc2c(n1)c(=O)n(C)c(=O)n2Cc1ccc(F)c(F)c1. The summed E-state index contributed by atoms with van der Waals surface area (Å²) in [6.07, 6.45) is 0. The van der Waals surface area contributed by atoms with E-state index in [2.05, 4.69) is 20.5 Å². The fourth-order valence-electron chi connectivity index (χ4n) is 2.74. The smallest absolute Gasteiger partial charge is 0.308 e. The Bertz CT molecular complexity index is 1160. The normalized spacial score (nSPS) is 11.5. The van der Waals surface area contributed by atoms with Crippen LogP contribution in [0, 0.1) is 11.6 Å². The van der Waals surface area contributed by atoms with Gasteiger partial charge in [0.1, 0.15) is 0 Å². The van der Waals surface area contributed by atoms with Crippen LogP contribution in [0.5, 0.6) is 0 Å². The van der Waals surface area contributed by atoms with E-state index in [0.29, 0.717) is 24.5 Å². The predicted octanol–water partition coefficient (Wildman–Crippen LogP) is -0.137. The molecule has 0 aliphatic carbocycles. The molecule has 2 aromatic heterocycles. The molecule has 154 valence electrons. The molecule has 0 amide bonds. The van der Waals surface area contributed by atoms with Gasteiger partial charge in [0.05, 0.1) is 13.1 Å². The Morgan fingerprint density at radius 1 is 1.14 bits per heavy atom. The van der Waals surface area contributed by atoms with Crippen molar-refractivity contribution in [3.8, 4) is 0 Å². The number of halogens is 2. The Kier molecular flexibility index (Phi) is 6.09. The third-order valence-electron chi connectivity index (χ3n) is 4.34. The average Bonchev–Trinajstić information content (AvgIpc) is 2.69. The highest BCUT2D eigenvalue weighted by Gasteiger charge is 2.16. The second-order valence-electron chi connectivity index (χ2n) is 6.86. The second kappa shape index (κ2) is 8.53. The molecule has 9 nitrogen and oxygen atoms in total. The number of likely N-dealkylation sites (N-methyl/N-ethyl adjacent to an activating group) is 1.